The Balaban J connectivity index is 0.000000691. The molecule has 40 heavy (non-hydrogen) atoms. The quantitative estimate of drug-likeness (QED) is 0.0861. The van der Waals surface area contributed by atoms with Crippen molar-refractivity contribution in [2.75, 3.05) is 26.2 Å². The van der Waals surface area contributed by atoms with E-state index >= 15 is 0 Å². The average molecular weight is 650 g/mol. The maximum atomic E-state index is 7.00. The number of aryl methyl sites for hydroxylation is 1. The molecule has 0 aliphatic carbocycles. The Morgan fingerprint density at radius 1 is 0.775 bits per heavy atom. The number of nitrogens with two attached hydrogens (primary N) is 1. The molecule has 0 aliphatic heterocycles. The number of ether oxygens (including phenoxy) is 1. The zero-order valence-electron chi connectivity index (χ0n) is 23.8. The van der Waals surface area contributed by atoms with Gasteiger partial charge in [0.25, 0.3) is 0 Å². The number of fused-ring (bicyclic) bond motifs is 7. The molecule has 0 atom stereocenters. The van der Waals surface area contributed by atoms with Crippen LogP contribution in [-0.2, 0) is 4.74 Å². The maximum Gasteiger partial charge on any atom is 0.136 e. The first kappa shape index (κ1) is 30.9. The SMILES string of the molecule is C=C(/C=C\C(=C/C)c1ccc2c(c1)oc1cc3c(cc12)oc1cc2cc(C)ccc2cc13)OC.CI.CN.CO. The molecule has 3 N–H and O–H groups in total. The van der Waals surface area contributed by atoms with E-state index in [9.17, 15) is 0 Å². The monoisotopic (exact) mass is 649 g/mol. The molecule has 0 amide bonds. The summed E-state index contributed by atoms with van der Waals surface area (Å²) in [5, 5.41) is 13.7. The zero-order valence-corrected chi connectivity index (χ0v) is 26.0. The highest BCUT2D eigenvalue weighted by Gasteiger charge is 2.15. The van der Waals surface area contributed by atoms with Gasteiger partial charge in [-0.25, -0.2) is 0 Å². The van der Waals surface area contributed by atoms with Crippen molar-refractivity contribution in [2.24, 2.45) is 5.73 Å². The van der Waals surface area contributed by atoms with Gasteiger partial charge < -0.3 is 24.4 Å². The molecule has 0 radical (unpaired) electrons. The van der Waals surface area contributed by atoms with Crippen molar-refractivity contribution in [3.63, 3.8) is 0 Å². The van der Waals surface area contributed by atoms with E-state index in [4.69, 9.17) is 18.7 Å². The second kappa shape index (κ2) is 14.2. The summed E-state index contributed by atoms with van der Waals surface area (Å²) in [6, 6.07) is 21.4. The third-order valence-electron chi connectivity index (χ3n) is 6.53. The Kier molecular flexibility index (Phi) is 11.0. The lowest BCUT2D eigenvalue weighted by molar-refractivity contribution is 0.309. The first-order valence-corrected chi connectivity index (χ1v) is 14.9. The molecule has 5 nitrogen and oxygen atoms in total. The fourth-order valence-electron chi connectivity index (χ4n) is 4.70. The minimum absolute atomic E-state index is 0.613. The van der Waals surface area contributed by atoms with Crippen LogP contribution >= 0.6 is 22.6 Å². The first-order chi connectivity index (χ1) is 19.5. The van der Waals surface area contributed by atoms with E-state index in [-0.39, 0.29) is 0 Å². The molecule has 0 saturated carbocycles. The number of halogens is 1. The van der Waals surface area contributed by atoms with Gasteiger partial charge in [-0.1, -0.05) is 71.2 Å². The third kappa shape index (κ3) is 6.09. The van der Waals surface area contributed by atoms with E-state index < -0.39 is 0 Å². The van der Waals surface area contributed by atoms with Crippen LogP contribution in [0.15, 0.2) is 100 Å². The maximum absolute atomic E-state index is 7.00. The van der Waals surface area contributed by atoms with E-state index in [0.29, 0.717) is 5.76 Å². The number of alkyl halides is 1. The number of aliphatic hydroxyl groups excluding tert-OH is 1. The van der Waals surface area contributed by atoms with Gasteiger partial charge in [-0.05, 0) is 90.2 Å². The van der Waals surface area contributed by atoms with Crippen LogP contribution in [-0.4, -0.2) is 31.3 Å². The van der Waals surface area contributed by atoms with Crippen molar-refractivity contribution in [1.29, 1.82) is 0 Å². The van der Waals surface area contributed by atoms with Crippen LogP contribution in [0.2, 0.25) is 0 Å². The lowest BCUT2D eigenvalue weighted by Gasteiger charge is -2.03. The van der Waals surface area contributed by atoms with Gasteiger partial charge in [0.1, 0.15) is 28.1 Å². The number of hydrogen-bond donors (Lipinski definition) is 2. The molecule has 0 spiro atoms. The summed E-state index contributed by atoms with van der Waals surface area (Å²) in [5.41, 5.74) is 11.4. The van der Waals surface area contributed by atoms with Gasteiger partial charge in [-0.2, -0.15) is 0 Å². The normalized spacial score (nSPS) is 11.3. The van der Waals surface area contributed by atoms with E-state index in [1.54, 1.807) is 7.11 Å². The minimum Gasteiger partial charge on any atom is -0.497 e. The summed E-state index contributed by atoms with van der Waals surface area (Å²) >= 11 is 2.15. The molecule has 208 valence electrons. The number of methoxy groups -OCH3 is 1. The summed E-state index contributed by atoms with van der Waals surface area (Å²) in [4.78, 5) is 1.97. The van der Waals surface area contributed by atoms with E-state index in [1.165, 1.54) is 23.4 Å². The second-order valence-corrected chi connectivity index (χ2v) is 8.71. The molecule has 0 fully saturated rings. The lowest BCUT2D eigenvalue weighted by Crippen LogP contribution is -1.82. The number of allylic oxidation sites excluding steroid dienone is 4. The highest BCUT2D eigenvalue weighted by Crippen LogP contribution is 2.38. The number of rotatable bonds is 4. The molecule has 2 aromatic heterocycles. The third-order valence-corrected chi connectivity index (χ3v) is 6.53. The Bertz CT molecular complexity index is 1840. The van der Waals surface area contributed by atoms with Gasteiger partial charge in [-0.15, -0.1) is 0 Å². The molecule has 0 saturated heterocycles. The van der Waals surface area contributed by atoms with Crippen molar-refractivity contribution in [1.82, 2.24) is 0 Å². The molecule has 2 heterocycles. The lowest BCUT2D eigenvalue weighted by atomic mass is 10.0. The highest BCUT2D eigenvalue weighted by atomic mass is 127. The van der Waals surface area contributed by atoms with Gasteiger partial charge in [0.05, 0.1) is 7.11 Å². The van der Waals surface area contributed by atoms with Gasteiger partial charge >= 0.3 is 0 Å². The second-order valence-electron chi connectivity index (χ2n) is 8.71. The molecule has 4 aromatic carbocycles. The van der Waals surface area contributed by atoms with Gasteiger partial charge in [0, 0.05) is 28.7 Å². The zero-order chi connectivity index (χ0) is 29.4. The highest BCUT2D eigenvalue weighted by molar-refractivity contribution is 14.1. The van der Waals surface area contributed by atoms with Crippen molar-refractivity contribution in [2.45, 2.75) is 13.8 Å². The number of hydrogen-bond acceptors (Lipinski definition) is 5. The summed E-state index contributed by atoms with van der Waals surface area (Å²) in [7, 11) is 4.12. The predicted octanol–water partition coefficient (Wildman–Crippen LogP) is 9.30. The Morgan fingerprint density at radius 3 is 1.98 bits per heavy atom. The van der Waals surface area contributed by atoms with Crippen LogP contribution in [0, 0.1) is 6.92 Å². The van der Waals surface area contributed by atoms with E-state index in [1.807, 2.05) is 24.0 Å². The topological polar surface area (TPSA) is 81.8 Å². The van der Waals surface area contributed by atoms with Crippen molar-refractivity contribution in [3.8, 4) is 0 Å². The fraction of sp³-hybridized carbons (Fsp3) is 0.176. The summed E-state index contributed by atoms with van der Waals surface area (Å²) in [6.07, 6.45) is 5.93. The van der Waals surface area contributed by atoms with E-state index in [0.717, 1.165) is 62.1 Å². The summed E-state index contributed by atoms with van der Waals surface area (Å²) in [5.74, 6) is 0.613. The van der Waals surface area contributed by atoms with Crippen LogP contribution in [0.5, 0.6) is 0 Å². The Hall–Kier alpha value is -3.59. The van der Waals surface area contributed by atoms with Crippen LogP contribution in [0.4, 0.5) is 0 Å². The number of aliphatic hydroxyl groups is 1. The van der Waals surface area contributed by atoms with Gasteiger partial charge in [0.2, 0.25) is 0 Å². The smallest absolute Gasteiger partial charge is 0.136 e. The molecule has 6 heteroatoms. The molecule has 6 rings (SSSR count). The molecule has 0 aliphatic rings. The van der Waals surface area contributed by atoms with Crippen molar-refractivity contribution in [3.05, 3.63) is 102 Å². The predicted molar refractivity (Wildman–Crippen MR) is 180 cm³/mol. The Labute approximate surface area is 248 Å². The van der Waals surface area contributed by atoms with Crippen LogP contribution in [0.25, 0.3) is 60.2 Å². The van der Waals surface area contributed by atoms with Crippen LogP contribution < -0.4 is 5.73 Å². The number of furan rings is 2. The minimum atomic E-state index is 0.613. The molecule has 0 unspecified atom stereocenters. The first-order valence-electron chi connectivity index (χ1n) is 12.7. The van der Waals surface area contributed by atoms with E-state index in [2.05, 4.69) is 109 Å². The summed E-state index contributed by atoms with van der Waals surface area (Å²) in [6.45, 7) is 7.98. The molecule has 0 bridgehead atoms. The van der Waals surface area contributed by atoms with Crippen molar-refractivity contribution >= 4 is 82.8 Å². The Morgan fingerprint density at radius 2 is 1.35 bits per heavy atom. The molecule has 6 aromatic rings. The van der Waals surface area contributed by atoms with Crippen LogP contribution in [0.1, 0.15) is 18.1 Å². The standard InChI is InChI=1S/C31H24O3.CH3I.CH5N.CH4O/c1-5-20(9-7-19(3)32-4)22-10-11-24-26-16-31-27(17-30(26)33-28(24)14-22)25-13-21-8-6-18(2)12-23(21)15-29(25)34-31;3*1-2/h5-17H,3H2,1-2,4H3;1H3;2H2,1H3;2H,1H3/b9-7-,20-5+;;;. The summed E-state index contributed by atoms with van der Waals surface area (Å²) < 4.78 is 17.8. The van der Waals surface area contributed by atoms with Gasteiger partial charge in [0.15, 0.2) is 0 Å². The van der Waals surface area contributed by atoms with Gasteiger partial charge in [-0.3, -0.25) is 0 Å². The fourth-order valence-corrected chi connectivity index (χ4v) is 4.70. The van der Waals surface area contributed by atoms with Crippen molar-refractivity contribution < 1.29 is 18.7 Å². The number of benzene rings is 4. The molecular weight excluding hydrogens is 613 g/mol. The largest absolute Gasteiger partial charge is 0.497 e. The average Bonchev–Trinajstić information content (AvgIpc) is 3.54. The van der Waals surface area contributed by atoms with Crippen LogP contribution in [0.3, 0.4) is 0 Å². The molecular formula is C34H36INO4.